The Hall–Kier alpha value is -6.88. The third-order valence-electron chi connectivity index (χ3n) is 9.38. The van der Waals surface area contributed by atoms with Gasteiger partial charge in [0, 0.05) is 32.8 Å². The number of hydrogen-bond donors (Lipinski definition) is 0. The predicted molar refractivity (Wildman–Crippen MR) is 195 cm³/mol. The molecular weight excluding hydrogens is 585 g/mol. The fourth-order valence-corrected chi connectivity index (χ4v) is 7.20. The van der Waals surface area contributed by atoms with Crippen LogP contribution < -0.4 is 0 Å². The van der Waals surface area contributed by atoms with Crippen LogP contribution in [0.1, 0.15) is 11.1 Å². The van der Waals surface area contributed by atoms with E-state index < -0.39 is 0 Å². The van der Waals surface area contributed by atoms with Gasteiger partial charge in [0.25, 0.3) is 0 Å². The molecule has 0 fully saturated rings. The average Bonchev–Trinajstić information content (AvgIpc) is 3.67. The van der Waals surface area contributed by atoms with Gasteiger partial charge >= 0.3 is 0 Å². The second kappa shape index (κ2) is 10.9. The van der Waals surface area contributed by atoms with Gasteiger partial charge in [-0.1, -0.05) is 91.0 Å². The Balaban J connectivity index is 1.16. The van der Waals surface area contributed by atoms with Crippen LogP contribution in [0, 0.1) is 22.7 Å². The molecule has 48 heavy (non-hydrogen) atoms. The van der Waals surface area contributed by atoms with Crippen LogP contribution in [-0.4, -0.2) is 9.13 Å². The summed E-state index contributed by atoms with van der Waals surface area (Å²) in [4.78, 5) is 0. The number of para-hydroxylation sites is 3. The molecule has 0 aliphatic heterocycles. The molecule has 0 aliphatic rings. The Morgan fingerprint density at radius 1 is 0.375 bits per heavy atom. The van der Waals surface area contributed by atoms with Crippen molar-refractivity contribution in [3.8, 4) is 45.8 Å². The number of aromatic nitrogens is 2. The zero-order valence-corrected chi connectivity index (χ0v) is 25.8. The fraction of sp³-hybridized carbons (Fsp3) is 0. The second-order valence-corrected chi connectivity index (χ2v) is 12.0. The first kappa shape index (κ1) is 27.4. The minimum absolute atomic E-state index is 0.624. The van der Waals surface area contributed by atoms with E-state index in [0.717, 1.165) is 66.5 Å². The van der Waals surface area contributed by atoms with Crippen LogP contribution in [-0.2, 0) is 0 Å². The number of rotatable bonds is 4. The molecule has 0 atom stereocenters. The molecule has 0 bridgehead atoms. The SMILES string of the molecule is N#Cc1ccc(-n2c3ccccc3c3ccccc32)c(-c2ccc(-c3cccc(-n4c5ccccc5c5cc(C#N)ccc54)c3)cc2)c1. The van der Waals surface area contributed by atoms with E-state index in [1.54, 1.807) is 0 Å². The predicted octanol–water partition coefficient (Wildman–Crippen LogP) is 11.0. The maximum absolute atomic E-state index is 9.86. The Bertz CT molecular complexity index is 2750. The molecular formula is C44H26N4. The quantitative estimate of drug-likeness (QED) is 0.199. The van der Waals surface area contributed by atoms with Crippen LogP contribution in [0.15, 0.2) is 158 Å². The van der Waals surface area contributed by atoms with Gasteiger partial charge in [0.05, 0.1) is 51.0 Å². The Morgan fingerprint density at radius 3 is 1.58 bits per heavy atom. The monoisotopic (exact) mass is 610 g/mol. The van der Waals surface area contributed by atoms with Gasteiger partial charge in [-0.25, -0.2) is 0 Å². The van der Waals surface area contributed by atoms with E-state index in [2.05, 4.69) is 143 Å². The number of nitrogens with zero attached hydrogens (tertiary/aromatic N) is 4. The maximum Gasteiger partial charge on any atom is 0.0991 e. The molecule has 0 saturated heterocycles. The van der Waals surface area contributed by atoms with Gasteiger partial charge < -0.3 is 9.13 Å². The second-order valence-electron chi connectivity index (χ2n) is 12.0. The average molecular weight is 611 g/mol. The molecule has 0 spiro atoms. The molecule has 222 valence electrons. The minimum Gasteiger partial charge on any atom is -0.309 e. The van der Waals surface area contributed by atoms with E-state index in [-0.39, 0.29) is 0 Å². The number of hydrogen-bond acceptors (Lipinski definition) is 2. The summed E-state index contributed by atoms with van der Waals surface area (Å²) in [7, 11) is 0. The van der Waals surface area contributed by atoms with E-state index in [0.29, 0.717) is 11.1 Å². The molecule has 2 aromatic heterocycles. The van der Waals surface area contributed by atoms with E-state index >= 15 is 0 Å². The van der Waals surface area contributed by atoms with E-state index in [1.807, 2.05) is 36.4 Å². The first-order valence-electron chi connectivity index (χ1n) is 15.9. The smallest absolute Gasteiger partial charge is 0.0991 e. The third kappa shape index (κ3) is 4.22. The van der Waals surface area contributed by atoms with Gasteiger partial charge in [-0.05, 0) is 83.4 Å². The Kier molecular flexibility index (Phi) is 6.22. The van der Waals surface area contributed by atoms with Crippen molar-refractivity contribution < 1.29 is 0 Å². The van der Waals surface area contributed by atoms with Crippen molar-refractivity contribution in [3.05, 3.63) is 169 Å². The lowest BCUT2D eigenvalue weighted by atomic mass is 9.97. The third-order valence-corrected chi connectivity index (χ3v) is 9.38. The zero-order valence-electron chi connectivity index (χ0n) is 25.8. The summed E-state index contributed by atoms with van der Waals surface area (Å²) in [5, 5.41) is 24.0. The molecule has 0 aliphatic carbocycles. The fourth-order valence-electron chi connectivity index (χ4n) is 7.20. The number of benzene rings is 7. The topological polar surface area (TPSA) is 57.4 Å². The van der Waals surface area contributed by atoms with Crippen molar-refractivity contribution in [1.82, 2.24) is 9.13 Å². The molecule has 2 heterocycles. The molecule has 0 N–H and O–H groups in total. The highest BCUT2D eigenvalue weighted by Crippen LogP contribution is 2.38. The highest BCUT2D eigenvalue weighted by Gasteiger charge is 2.17. The van der Waals surface area contributed by atoms with Crippen molar-refractivity contribution in [3.63, 3.8) is 0 Å². The number of fused-ring (bicyclic) bond motifs is 6. The van der Waals surface area contributed by atoms with Crippen LogP contribution in [0.25, 0.3) is 77.2 Å². The lowest BCUT2D eigenvalue weighted by molar-refractivity contribution is 1.18. The normalized spacial score (nSPS) is 11.3. The van der Waals surface area contributed by atoms with Crippen molar-refractivity contribution >= 4 is 43.6 Å². The molecule has 0 unspecified atom stereocenters. The standard InChI is InChI=1S/C44H26N4/c45-27-29-16-22-43(48-41-14-5-1-10-35(41)36-11-2-6-15-42(36)48)38(24-29)32-20-18-31(19-21-32)33-8-7-9-34(26-33)47-40-13-4-3-12-37(40)39-25-30(28-46)17-23-44(39)47/h1-26H. The van der Waals surface area contributed by atoms with Gasteiger partial charge in [0.15, 0.2) is 0 Å². The highest BCUT2D eigenvalue weighted by atomic mass is 15.0. The minimum atomic E-state index is 0.624. The first-order chi connectivity index (χ1) is 23.7. The summed E-state index contributed by atoms with van der Waals surface area (Å²) in [6.07, 6.45) is 0. The van der Waals surface area contributed by atoms with Crippen molar-refractivity contribution in [1.29, 1.82) is 10.5 Å². The zero-order chi connectivity index (χ0) is 32.2. The molecule has 0 amide bonds. The Labute approximate surface area is 277 Å². The largest absolute Gasteiger partial charge is 0.309 e. The van der Waals surface area contributed by atoms with Crippen molar-refractivity contribution in [2.24, 2.45) is 0 Å². The lowest BCUT2D eigenvalue weighted by Crippen LogP contribution is -1.98. The lowest BCUT2D eigenvalue weighted by Gasteiger charge is -2.15. The summed E-state index contributed by atoms with van der Waals surface area (Å²) < 4.78 is 4.58. The summed E-state index contributed by atoms with van der Waals surface area (Å²) in [5.41, 5.74) is 12.1. The molecule has 4 nitrogen and oxygen atoms in total. The highest BCUT2D eigenvalue weighted by molar-refractivity contribution is 6.10. The summed E-state index contributed by atoms with van der Waals surface area (Å²) in [6, 6.07) is 59.0. The van der Waals surface area contributed by atoms with Gasteiger partial charge in [-0.2, -0.15) is 10.5 Å². The van der Waals surface area contributed by atoms with Gasteiger partial charge in [0.2, 0.25) is 0 Å². The molecule has 7 aromatic carbocycles. The summed E-state index contributed by atoms with van der Waals surface area (Å²) in [5.74, 6) is 0. The van der Waals surface area contributed by atoms with Crippen LogP contribution >= 0.6 is 0 Å². The van der Waals surface area contributed by atoms with Crippen molar-refractivity contribution in [2.75, 3.05) is 0 Å². The van der Waals surface area contributed by atoms with Gasteiger partial charge in [-0.3, -0.25) is 0 Å². The molecule has 0 radical (unpaired) electrons. The maximum atomic E-state index is 9.86. The van der Waals surface area contributed by atoms with Gasteiger partial charge in [-0.15, -0.1) is 0 Å². The van der Waals surface area contributed by atoms with Gasteiger partial charge in [0.1, 0.15) is 0 Å². The molecule has 0 saturated carbocycles. The van der Waals surface area contributed by atoms with Crippen LogP contribution in [0.5, 0.6) is 0 Å². The van der Waals surface area contributed by atoms with Crippen LogP contribution in [0.3, 0.4) is 0 Å². The van der Waals surface area contributed by atoms with Crippen molar-refractivity contribution in [2.45, 2.75) is 0 Å². The van der Waals surface area contributed by atoms with Crippen LogP contribution in [0.4, 0.5) is 0 Å². The summed E-state index contributed by atoms with van der Waals surface area (Å²) >= 11 is 0. The molecule has 4 heteroatoms. The summed E-state index contributed by atoms with van der Waals surface area (Å²) in [6.45, 7) is 0. The first-order valence-corrected chi connectivity index (χ1v) is 15.9. The Morgan fingerprint density at radius 2 is 0.917 bits per heavy atom. The van der Waals surface area contributed by atoms with E-state index in [9.17, 15) is 10.5 Å². The van der Waals surface area contributed by atoms with E-state index in [4.69, 9.17) is 0 Å². The number of nitriles is 2. The van der Waals surface area contributed by atoms with Crippen LogP contribution in [0.2, 0.25) is 0 Å². The van der Waals surface area contributed by atoms with E-state index in [1.165, 1.54) is 10.8 Å². The molecule has 9 rings (SSSR count). The molecule has 9 aromatic rings.